The summed E-state index contributed by atoms with van der Waals surface area (Å²) >= 11 is 0. The standard InChI is InChI=1S/C16H20N4O3/c1-4-5-9-23-20-14-12(3)18-15(19-16(14)22-10-21)13-8-6-7-11(2)17-13/h6-8,10,12H,4-5,9H2,1-3H3. The van der Waals surface area contributed by atoms with E-state index in [1.165, 1.54) is 0 Å². The molecule has 0 N–H and O–H groups in total. The van der Waals surface area contributed by atoms with E-state index in [1.54, 1.807) is 6.07 Å². The van der Waals surface area contributed by atoms with Gasteiger partial charge in [0.2, 0.25) is 0 Å². The van der Waals surface area contributed by atoms with Crippen molar-refractivity contribution in [2.24, 2.45) is 15.1 Å². The number of carbonyl (C=O) groups is 1. The number of aryl methyl sites for hydroxylation is 1. The Balaban J connectivity index is 2.27. The molecule has 2 rings (SSSR count). The first-order chi connectivity index (χ1) is 11.2. The van der Waals surface area contributed by atoms with Crippen LogP contribution in [0.2, 0.25) is 0 Å². The molecule has 1 atom stereocenters. The van der Waals surface area contributed by atoms with Gasteiger partial charge in [0.1, 0.15) is 18.3 Å². The maximum Gasteiger partial charge on any atom is 0.299 e. The molecule has 0 bridgehead atoms. The minimum atomic E-state index is -0.346. The van der Waals surface area contributed by atoms with Crippen LogP contribution in [0.5, 0.6) is 0 Å². The van der Waals surface area contributed by atoms with E-state index in [2.05, 4.69) is 27.0 Å². The van der Waals surface area contributed by atoms with E-state index >= 15 is 0 Å². The van der Waals surface area contributed by atoms with Gasteiger partial charge in [-0.3, -0.25) is 9.79 Å². The number of unbranched alkanes of at least 4 members (excludes halogenated alkanes) is 1. The third kappa shape index (κ3) is 4.45. The van der Waals surface area contributed by atoms with Gasteiger partial charge in [0.15, 0.2) is 11.5 Å². The number of amidine groups is 1. The molecule has 1 aromatic heterocycles. The number of oxime groups is 1. The topological polar surface area (TPSA) is 85.5 Å². The van der Waals surface area contributed by atoms with Gasteiger partial charge in [-0.15, -0.1) is 0 Å². The first-order valence-corrected chi connectivity index (χ1v) is 7.56. The third-order valence-corrected chi connectivity index (χ3v) is 3.17. The summed E-state index contributed by atoms with van der Waals surface area (Å²) < 4.78 is 4.95. The van der Waals surface area contributed by atoms with Crippen LogP contribution in [0, 0.1) is 6.92 Å². The molecule has 0 saturated carbocycles. The number of ether oxygens (including phenoxy) is 1. The summed E-state index contributed by atoms with van der Waals surface area (Å²) in [5.41, 5.74) is 1.87. The first-order valence-electron chi connectivity index (χ1n) is 7.56. The molecule has 0 saturated heterocycles. The number of aliphatic imine (C=N–C) groups is 2. The fourth-order valence-corrected chi connectivity index (χ4v) is 1.97. The number of carbonyl (C=O) groups excluding carboxylic acids is 1. The highest BCUT2D eigenvalue weighted by atomic mass is 16.6. The van der Waals surface area contributed by atoms with E-state index < -0.39 is 0 Å². The van der Waals surface area contributed by atoms with Gasteiger partial charge in [0, 0.05) is 5.69 Å². The lowest BCUT2D eigenvalue weighted by molar-refractivity contribution is -0.121. The lowest BCUT2D eigenvalue weighted by Crippen LogP contribution is -2.33. The normalized spacial score (nSPS) is 19.1. The molecule has 1 aliphatic rings. The molecule has 122 valence electrons. The molecule has 7 nitrogen and oxygen atoms in total. The van der Waals surface area contributed by atoms with Crippen LogP contribution in [-0.4, -0.2) is 41.5 Å². The molecule has 1 unspecified atom stereocenters. The van der Waals surface area contributed by atoms with Crippen molar-refractivity contribution in [3.8, 4) is 0 Å². The van der Waals surface area contributed by atoms with Gasteiger partial charge in [0.05, 0.1) is 0 Å². The molecule has 2 heterocycles. The molecule has 23 heavy (non-hydrogen) atoms. The summed E-state index contributed by atoms with van der Waals surface area (Å²) in [6.45, 7) is 6.60. The number of hydrogen-bond acceptors (Lipinski definition) is 7. The fraction of sp³-hybridized carbons (Fsp3) is 0.438. The van der Waals surface area contributed by atoms with Gasteiger partial charge in [-0.2, -0.15) is 4.99 Å². The first kappa shape index (κ1) is 16.8. The van der Waals surface area contributed by atoms with E-state index in [0.29, 0.717) is 30.3 Å². The molecule has 0 aliphatic carbocycles. The van der Waals surface area contributed by atoms with Crippen molar-refractivity contribution in [3.63, 3.8) is 0 Å². The highest BCUT2D eigenvalue weighted by molar-refractivity contribution is 6.44. The molecule has 1 aromatic rings. The molecule has 1 aliphatic heterocycles. The predicted octanol–water partition coefficient (Wildman–Crippen LogP) is 2.28. The Morgan fingerprint density at radius 3 is 2.91 bits per heavy atom. The summed E-state index contributed by atoms with van der Waals surface area (Å²) in [5, 5.41) is 4.02. The zero-order valence-corrected chi connectivity index (χ0v) is 13.5. The van der Waals surface area contributed by atoms with Crippen LogP contribution < -0.4 is 0 Å². The highest BCUT2D eigenvalue weighted by Gasteiger charge is 2.26. The van der Waals surface area contributed by atoms with Crippen molar-refractivity contribution in [2.45, 2.75) is 39.7 Å². The number of rotatable bonds is 6. The maximum absolute atomic E-state index is 10.7. The van der Waals surface area contributed by atoms with Crippen LogP contribution in [0.25, 0.3) is 0 Å². The van der Waals surface area contributed by atoms with Crippen molar-refractivity contribution in [1.29, 1.82) is 0 Å². The second-order valence-corrected chi connectivity index (χ2v) is 5.09. The van der Waals surface area contributed by atoms with Crippen LogP contribution >= 0.6 is 0 Å². The van der Waals surface area contributed by atoms with Crippen molar-refractivity contribution < 1.29 is 14.4 Å². The Kier molecular flexibility index (Phi) is 5.96. The molecule has 7 heteroatoms. The van der Waals surface area contributed by atoms with E-state index in [-0.39, 0.29) is 11.9 Å². The van der Waals surface area contributed by atoms with Crippen LogP contribution in [0.4, 0.5) is 0 Å². The molecular weight excluding hydrogens is 296 g/mol. The Hall–Kier alpha value is -2.57. The largest absolute Gasteiger partial charge is 0.407 e. The maximum atomic E-state index is 10.7. The molecule has 0 spiro atoms. The summed E-state index contributed by atoms with van der Waals surface area (Å²) in [7, 11) is 0. The van der Waals surface area contributed by atoms with E-state index in [4.69, 9.17) is 9.57 Å². The summed E-state index contributed by atoms with van der Waals surface area (Å²) in [6.07, 6.45) is 1.90. The zero-order chi connectivity index (χ0) is 16.7. The number of hydrogen-bond donors (Lipinski definition) is 0. The van der Waals surface area contributed by atoms with Gasteiger partial charge >= 0.3 is 0 Å². The van der Waals surface area contributed by atoms with E-state index in [9.17, 15) is 4.79 Å². The highest BCUT2D eigenvalue weighted by Crippen LogP contribution is 2.12. The Labute approximate surface area is 135 Å². The second-order valence-electron chi connectivity index (χ2n) is 5.09. The van der Waals surface area contributed by atoms with Crippen LogP contribution in [0.15, 0.2) is 33.3 Å². The van der Waals surface area contributed by atoms with Crippen LogP contribution in [0.3, 0.4) is 0 Å². The SMILES string of the molecule is CCCCON=C1C(OC=O)=NC(c2cccc(C)n2)=NC1C. The van der Waals surface area contributed by atoms with Crippen molar-refractivity contribution >= 4 is 23.9 Å². The lowest BCUT2D eigenvalue weighted by atomic mass is 10.1. The minimum absolute atomic E-state index is 0.0947. The molecule has 0 radical (unpaired) electrons. The zero-order valence-electron chi connectivity index (χ0n) is 13.5. The average Bonchev–Trinajstić information content (AvgIpc) is 2.53. The monoisotopic (exact) mass is 316 g/mol. The lowest BCUT2D eigenvalue weighted by Gasteiger charge is -2.17. The summed E-state index contributed by atoms with van der Waals surface area (Å²) in [6, 6.07) is 5.22. The fourth-order valence-electron chi connectivity index (χ4n) is 1.97. The van der Waals surface area contributed by atoms with Crippen LogP contribution in [0.1, 0.15) is 38.1 Å². The molecule has 0 amide bonds. The van der Waals surface area contributed by atoms with Crippen LogP contribution in [-0.2, 0) is 14.4 Å². The number of pyridine rings is 1. The molecule has 0 fully saturated rings. The summed E-state index contributed by atoms with van der Waals surface area (Å²) in [5.74, 6) is 0.503. The Morgan fingerprint density at radius 1 is 1.39 bits per heavy atom. The third-order valence-electron chi connectivity index (χ3n) is 3.17. The smallest absolute Gasteiger partial charge is 0.299 e. The average molecular weight is 316 g/mol. The summed E-state index contributed by atoms with van der Waals surface area (Å²) in [4.78, 5) is 29.1. The Morgan fingerprint density at radius 2 is 2.22 bits per heavy atom. The number of aromatic nitrogens is 1. The minimum Gasteiger partial charge on any atom is -0.407 e. The van der Waals surface area contributed by atoms with E-state index in [0.717, 1.165) is 18.5 Å². The quantitative estimate of drug-likeness (QED) is 0.458. The van der Waals surface area contributed by atoms with Crippen molar-refractivity contribution in [2.75, 3.05) is 6.61 Å². The Bertz CT molecular complexity index is 652. The van der Waals surface area contributed by atoms with Gasteiger partial charge in [-0.25, -0.2) is 4.98 Å². The second kappa shape index (κ2) is 8.17. The van der Waals surface area contributed by atoms with Crippen molar-refractivity contribution in [1.82, 2.24) is 4.98 Å². The van der Waals surface area contributed by atoms with Gasteiger partial charge < -0.3 is 9.57 Å². The molecular formula is C16H20N4O3. The number of nitrogens with zero attached hydrogens (tertiary/aromatic N) is 4. The van der Waals surface area contributed by atoms with Gasteiger partial charge in [-0.1, -0.05) is 24.6 Å². The van der Waals surface area contributed by atoms with E-state index in [1.807, 2.05) is 26.0 Å². The predicted molar refractivity (Wildman–Crippen MR) is 87.9 cm³/mol. The van der Waals surface area contributed by atoms with Gasteiger partial charge in [0.25, 0.3) is 12.4 Å². The molecule has 0 aromatic carbocycles. The van der Waals surface area contributed by atoms with Crippen molar-refractivity contribution in [3.05, 3.63) is 29.6 Å². The van der Waals surface area contributed by atoms with Gasteiger partial charge in [-0.05, 0) is 32.4 Å².